The molecule has 22 heavy (non-hydrogen) atoms. The van der Waals surface area contributed by atoms with Gasteiger partial charge in [-0.2, -0.15) is 0 Å². The summed E-state index contributed by atoms with van der Waals surface area (Å²) < 4.78 is 0. The maximum Gasteiger partial charge on any atom is 0.0399 e. The molecule has 0 aliphatic heterocycles. The first-order chi connectivity index (χ1) is 10.3. The van der Waals surface area contributed by atoms with Crippen molar-refractivity contribution in [3.05, 3.63) is 0 Å². The van der Waals surface area contributed by atoms with Gasteiger partial charge in [-0.25, -0.2) is 0 Å². The van der Waals surface area contributed by atoms with Crippen LogP contribution in [0.15, 0.2) is 0 Å². The molecule has 0 aromatic heterocycles. The third-order valence-corrected chi connectivity index (χ3v) is 7.22. The van der Waals surface area contributed by atoms with Crippen molar-refractivity contribution in [3.8, 4) is 0 Å². The predicted molar refractivity (Wildman–Crippen MR) is 96.7 cm³/mol. The Morgan fingerprint density at radius 1 is 0.636 bits per heavy atom. The third-order valence-electron chi connectivity index (χ3n) is 7.22. The molecule has 2 fully saturated rings. The molecule has 4 N–H and O–H groups in total. The van der Waals surface area contributed by atoms with Gasteiger partial charge in [-0.15, -0.1) is 0 Å². The van der Waals surface area contributed by atoms with E-state index in [0.29, 0.717) is 23.7 Å². The molecule has 0 radical (unpaired) electrons. The Bertz CT molecular complexity index is 310. The van der Waals surface area contributed by atoms with Gasteiger partial charge in [0.15, 0.2) is 0 Å². The molecule has 2 aliphatic carbocycles. The van der Waals surface area contributed by atoms with E-state index in [1.807, 2.05) is 0 Å². The predicted octanol–water partition coefficient (Wildman–Crippen LogP) is 4.85. The fourth-order valence-corrected chi connectivity index (χ4v) is 5.87. The molecular formula is C20H40N2. The molecule has 0 saturated heterocycles. The van der Waals surface area contributed by atoms with Crippen LogP contribution in [0.1, 0.15) is 91.9 Å². The monoisotopic (exact) mass is 308 g/mol. The molecule has 2 nitrogen and oxygen atoms in total. The second-order valence-corrected chi connectivity index (χ2v) is 8.85. The Morgan fingerprint density at radius 2 is 0.955 bits per heavy atom. The highest BCUT2D eigenvalue weighted by molar-refractivity contribution is 5.16. The Morgan fingerprint density at radius 3 is 1.23 bits per heavy atom. The molecule has 0 atom stereocenters. The molecular weight excluding hydrogens is 268 g/mol. The van der Waals surface area contributed by atoms with E-state index < -0.39 is 0 Å². The van der Waals surface area contributed by atoms with Crippen LogP contribution in [-0.4, -0.2) is 11.1 Å². The molecule has 0 aromatic carbocycles. The summed E-state index contributed by atoms with van der Waals surface area (Å²) in [6.45, 7) is 9.20. The number of rotatable bonds is 5. The summed E-state index contributed by atoms with van der Waals surface area (Å²) in [4.78, 5) is 0. The summed E-state index contributed by atoms with van der Waals surface area (Å²) in [5.41, 5.74) is 14.2. The standard InChI is InChI=1S/C20H40N2/c1-15(2)19(21,16(3)4)20(22,17-11-7-5-8-12-17)18-13-9-6-10-14-18/h15-18H,5-14,21-22H2,1-4H3. The highest BCUT2D eigenvalue weighted by Gasteiger charge is 2.57. The summed E-state index contributed by atoms with van der Waals surface area (Å²) in [5.74, 6) is 2.11. The minimum absolute atomic E-state index is 0.184. The fourth-order valence-electron chi connectivity index (χ4n) is 5.87. The van der Waals surface area contributed by atoms with Crippen molar-refractivity contribution < 1.29 is 0 Å². The lowest BCUT2D eigenvalue weighted by molar-refractivity contribution is -0.0170. The van der Waals surface area contributed by atoms with Crippen molar-refractivity contribution in [1.29, 1.82) is 0 Å². The average Bonchev–Trinajstić information content (AvgIpc) is 2.54. The molecule has 0 bridgehead atoms. The van der Waals surface area contributed by atoms with Crippen molar-refractivity contribution in [2.75, 3.05) is 0 Å². The van der Waals surface area contributed by atoms with Gasteiger partial charge in [0.05, 0.1) is 0 Å². The van der Waals surface area contributed by atoms with Crippen molar-refractivity contribution in [3.63, 3.8) is 0 Å². The molecule has 2 aliphatic rings. The van der Waals surface area contributed by atoms with Gasteiger partial charge < -0.3 is 11.5 Å². The van der Waals surface area contributed by atoms with Gasteiger partial charge in [0.1, 0.15) is 0 Å². The van der Waals surface area contributed by atoms with Crippen LogP contribution in [0.5, 0.6) is 0 Å². The summed E-state index contributed by atoms with van der Waals surface area (Å²) in [5, 5.41) is 0. The molecule has 0 heterocycles. The van der Waals surface area contributed by atoms with Gasteiger partial charge in [0.25, 0.3) is 0 Å². The topological polar surface area (TPSA) is 52.0 Å². The molecule has 0 amide bonds. The van der Waals surface area contributed by atoms with Gasteiger partial charge in [-0.3, -0.25) is 0 Å². The quantitative estimate of drug-likeness (QED) is 0.762. The van der Waals surface area contributed by atoms with Gasteiger partial charge >= 0.3 is 0 Å². The first-order valence-electron chi connectivity index (χ1n) is 9.92. The first-order valence-corrected chi connectivity index (χ1v) is 9.92. The largest absolute Gasteiger partial charge is 0.323 e. The molecule has 2 saturated carbocycles. The van der Waals surface area contributed by atoms with Crippen LogP contribution in [-0.2, 0) is 0 Å². The first kappa shape index (κ1) is 18.3. The SMILES string of the molecule is CC(C)C(N)(C(C)C)C(N)(C1CCCCC1)C1CCCCC1. The van der Waals surface area contributed by atoms with Gasteiger partial charge in [0.2, 0.25) is 0 Å². The van der Waals surface area contributed by atoms with Crippen LogP contribution in [0.3, 0.4) is 0 Å². The van der Waals surface area contributed by atoms with Crippen molar-refractivity contribution in [2.24, 2.45) is 35.1 Å². The number of nitrogens with two attached hydrogens (primary N) is 2. The Hall–Kier alpha value is -0.0800. The maximum atomic E-state index is 7.40. The minimum atomic E-state index is -0.253. The van der Waals surface area contributed by atoms with E-state index in [0.717, 1.165) is 0 Å². The van der Waals surface area contributed by atoms with E-state index in [1.54, 1.807) is 0 Å². The third kappa shape index (κ3) is 2.98. The molecule has 0 aromatic rings. The lowest BCUT2D eigenvalue weighted by Crippen LogP contribution is -2.77. The van der Waals surface area contributed by atoms with Crippen LogP contribution < -0.4 is 11.5 Å². The van der Waals surface area contributed by atoms with E-state index in [4.69, 9.17) is 11.5 Å². The fraction of sp³-hybridized carbons (Fsp3) is 1.00. The van der Waals surface area contributed by atoms with Crippen molar-refractivity contribution >= 4 is 0 Å². The maximum absolute atomic E-state index is 7.40. The second kappa shape index (κ2) is 7.21. The van der Waals surface area contributed by atoms with E-state index in [2.05, 4.69) is 27.7 Å². The molecule has 0 unspecified atom stereocenters. The number of hydrogen-bond donors (Lipinski definition) is 2. The summed E-state index contributed by atoms with van der Waals surface area (Å²) in [6.07, 6.45) is 13.4. The zero-order valence-corrected chi connectivity index (χ0v) is 15.5. The molecule has 0 spiro atoms. The highest BCUT2D eigenvalue weighted by Crippen LogP contribution is 2.50. The average molecular weight is 309 g/mol. The van der Waals surface area contributed by atoms with Crippen LogP contribution in [0, 0.1) is 23.7 Å². The van der Waals surface area contributed by atoms with E-state index in [-0.39, 0.29) is 11.1 Å². The summed E-state index contributed by atoms with van der Waals surface area (Å²) in [6, 6.07) is 0. The highest BCUT2D eigenvalue weighted by atomic mass is 15.0. The van der Waals surface area contributed by atoms with Crippen LogP contribution in [0.25, 0.3) is 0 Å². The van der Waals surface area contributed by atoms with Crippen molar-refractivity contribution in [1.82, 2.24) is 0 Å². The van der Waals surface area contributed by atoms with Crippen LogP contribution in [0.2, 0.25) is 0 Å². The normalized spacial score (nSPS) is 23.5. The van der Waals surface area contributed by atoms with Crippen LogP contribution in [0.4, 0.5) is 0 Å². The Kier molecular flexibility index (Phi) is 5.99. The molecule has 2 heteroatoms. The second-order valence-electron chi connectivity index (χ2n) is 8.85. The van der Waals surface area contributed by atoms with Gasteiger partial charge in [0, 0.05) is 11.1 Å². The van der Waals surface area contributed by atoms with Crippen LogP contribution >= 0.6 is 0 Å². The smallest absolute Gasteiger partial charge is 0.0399 e. The lowest BCUT2D eigenvalue weighted by Gasteiger charge is -2.60. The van der Waals surface area contributed by atoms with E-state index in [9.17, 15) is 0 Å². The number of hydrogen-bond acceptors (Lipinski definition) is 2. The lowest BCUT2D eigenvalue weighted by atomic mass is 9.51. The van der Waals surface area contributed by atoms with E-state index in [1.165, 1.54) is 64.2 Å². The Labute approximate surface area is 138 Å². The Balaban J connectivity index is 2.42. The summed E-state index contributed by atoms with van der Waals surface area (Å²) >= 11 is 0. The molecule has 130 valence electrons. The van der Waals surface area contributed by atoms with E-state index >= 15 is 0 Å². The molecule has 2 rings (SSSR count). The zero-order chi connectivity index (χ0) is 16.4. The van der Waals surface area contributed by atoms with Crippen molar-refractivity contribution in [2.45, 2.75) is 103 Å². The minimum Gasteiger partial charge on any atom is -0.323 e. The van der Waals surface area contributed by atoms with Gasteiger partial charge in [-0.1, -0.05) is 66.2 Å². The van der Waals surface area contributed by atoms with Gasteiger partial charge in [-0.05, 0) is 49.4 Å². The zero-order valence-electron chi connectivity index (χ0n) is 15.5. The summed E-state index contributed by atoms with van der Waals surface area (Å²) in [7, 11) is 0.